The molecule has 0 saturated heterocycles. The molecule has 1 aliphatic carbocycles. The summed E-state index contributed by atoms with van der Waals surface area (Å²) in [5.74, 6) is 0.920. The molecular formula is C14H19NO2. The number of phenols is 1. The fourth-order valence-corrected chi connectivity index (χ4v) is 2.30. The van der Waals surface area contributed by atoms with Crippen LogP contribution in [0.1, 0.15) is 37.7 Å². The van der Waals surface area contributed by atoms with E-state index in [-0.39, 0.29) is 5.91 Å². The van der Waals surface area contributed by atoms with Crippen molar-refractivity contribution in [2.75, 3.05) is 7.05 Å². The van der Waals surface area contributed by atoms with E-state index in [0.717, 1.165) is 18.4 Å². The molecule has 1 amide bonds. The minimum atomic E-state index is 0.222. The molecule has 1 fully saturated rings. The second kappa shape index (κ2) is 4.78. The van der Waals surface area contributed by atoms with Crippen LogP contribution >= 0.6 is 0 Å². The van der Waals surface area contributed by atoms with Crippen LogP contribution in [-0.2, 0) is 4.79 Å². The van der Waals surface area contributed by atoms with Crippen LogP contribution in [0.2, 0.25) is 0 Å². The predicted octanol–water partition coefficient (Wildman–Crippen LogP) is 2.51. The first-order valence-corrected chi connectivity index (χ1v) is 6.18. The normalized spacial score (nSPS) is 22.2. The number of nitrogens with zero attached hydrogens (tertiary/aromatic N) is 1. The number of rotatable bonds is 4. The summed E-state index contributed by atoms with van der Waals surface area (Å²) < 4.78 is 0. The lowest BCUT2D eigenvalue weighted by atomic mass is 10.1. The third-order valence-electron chi connectivity index (χ3n) is 3.41. The number of likely N-dealkylation sites (N-methyl/N-ethyl adjacent to an activating group) is 1. The third kappa shape index (κ3) is 2.60. The molecule has 0 bridgehead atoms. The molecule has 0 radical (unpaired) electrons. The van der Waals surface area contributed by atoms with Crippen molar-refractivity contribution in [2.24, 2.45) is 0 Å². The molecule has 1 N–H and O–H groups in total. The molecule has 0 aromatic heterocycles. The van der Waals surface area contributed by atoms with Gasteiger partial charge in [-0.15, -0.1) is 0 Å². The molecule has 92 valence electrons. The summed E-state index contributed by atoms with van der Waals surface area (Å²) in [7, 11) is 1.88. The van der Waals surface area contributed by atoms with E-state index in [1.807, 2.05) is 31.0 Å². The van der Waals surface area contributed by atoms with Gasteiger partial charge in [0.25, 0.3) is 0 Å². The van der Waals surface area contributed by atoms with Gasteiger partial charge < -0.3 is 10.0 Å². The SMILES string of the molecule is CCCC(=O)N(C)C1CC1c1cccc(O)c1. The topological polar surface area (TPSA) is 40.5 Å². The zero-order valence-electron chi connectivity index (χ0n) is 10.4. The smallest absolute Gasteiger partial charge is 0.222 e. The van der Waals surface area contributed by atoms with E-state index < -0.39 is 0 Å². The average Bonchev–Trinajstić information content (AvgIpc) is 3.08. The molecule has 3 heteroatoms. The van der Waals surface area contributed by atoms with E-state index in [2.05, 4.69) is 0 Å². The average molecular weight is 233 g/mol. The molecule has 17 heavy (non-hydrogen) atoms. The number of aromatic hydroxyl groups is 1. The van der Waals surface area contributed by atoms with Crippen LogP contribution in [-0.4, -0.2) is 29.0 Å². The van der Waals surface area contributed by atoms with Gasteiger partial charge in [-0.25, -0.2) is 0 Å². The first kappa shape index (κ1) is 12.0. The fraction of sp³-hybridized carbons (Fsp3) is 0.500. The number of carbonyl (C=O) groups excluding carboxylic acids is 1. The standard InChI is InChI=1S/C14H19NO2/c1-3-5-14(17)15(2)13-9-12(13)10-6-4-7-11(16)8-10/h4,6-8,12-13,16H,3,5,9H2,1-2H3. The van der Waals surface area contributed by atoms with Gasteiger partial charge in [-0.05, 0) is 30.5 Å². The van der Waals surface area contributed by atoms with Gasteiger partial charge >= 0.3 is 0 Å². The Hall–Kier alpha value is -1.51. The molecule has 1 aromatic carbocycles. The minimum Gasteiger partial charge on any atom is -0.508 e. The second-order valence-corrected chi connectivity index (χ2v) is 4.76. The summed E-state index contributed by atoms with van der Waals surface area (Å²) in [4.78, 5) is 13.6. The Bertz CT molecular complexity index is 416. The molecule has 2 atom stereocenters. The highest BCUT2D eigenvalue weighted by Crippen LogP contribution is 2.44. The summed E-state index contributed by atoms with van der Waals surface area (Å²) >= 11 is 0. The maximum absolute atomic E-state index is 11.7. The Kier molecular flexibility index (Phi) is 3.36. The van der Waals surface area contributed by atoms with Gasteiger partial charge in [0.05, 0.1) is 0 Å². The van der Waals surface area contributed by atoms with Crippen LogP contribution in [0.5, 0.6) is 5.75 Å². The second-order valence-electron chi connectivity index (χ2n) is 4.76. The highest BCUT2D eigenvalue weighted by atomic mass is 16.3. The maximum atomic E-state index is 11.7. The fourth-order valence-electron chi connectivity index (χ4n) is 2.30. The molecule has 2 rings (SSSR count). The first-order chi connectivity index (χ1) is 8.13. The van der Waals surface area contributed by atoms with Crippen molar-refractivity contribution in [3.8, 4) is 5.75 Å². The van der Waals surface area contributed by atoms with E-state index in [1.54, 1.807) is 12.1 Å². The van der Waals surface area contributed by atoms with Crippen LogP contribution in [0.4, 0.5) is 0 Å². The van der Waals surface area contributed by atoms with Crippen molar-refractivity contribution >= 4 is 5.91 Å². The van der Waals surface area contributed by atoms with Gasteiger partial charge in [0.15, 0.2) is 0 Å². The van der Waals surface area contributed by atoms with Crippen molar-refractivity contribution < 1.29 is 9.90 Å². The van der Waals surface area contributed by atoms with Crippen molar-refractivity contribution in [1.29, 1.82) is 0 Å². The highest BCUT2D eigenvalue weighted by Gasteiger charge is 2.42. The van der Waals surface area contributed by atoms with Crippen LogP contribution in [0.25, 0.3) is 0 Å². The van der Waals surface area contributed by atoms with E-state index in [9.17, 15) is 9.90 Å². The molecule has 0 aliphatic heterocycles. The zero-order valence-corrected chi connectivity index (χ0v) is 10.4. The van der Waals surface area contributed by atoms with Crippen molar-refractivity contribution in [3.05, 3.63) is 29.8 Å². The highest BCUT2D eigenvalue weighted by molar-refractivity contribution is 5.76. The van der Waals surface area contributed by atoms with E-state index in [0.29, 0.717) is 24.1 Å². The monoisotopic (exact) mass is 233 g/mol. The lowest BCUT2D eigenvalue weighted by Gasteiger charge is -2.17. The van der Waals surface area contributed by atoms with Gasteiger partial charge in [0.2, 0.25) is 5.91 Å². The van der Waals surface area contributed by atoms with Crippen LogP contribution in [0.15, 0.2) is 24.3 Å². The van der Waals surface area contributed by atoms with Crippen molar-refractivity contribution in [1.82, 2.24) is 4.90 Å². The number of phenolic OH excluding ortho intramolecular Hbond substituents is 1. The Labute approximate surface area is 102 Å². The van der Waals surface area contributed by atoms with Crippen LogP contribution in [0, 0.1) is 0 Å². The predicted molar refractivity (Wildman–Crippen MR) is 66.9 cm³/mol. The van der Waals surface area contributed by atoms with Gasteiger partial charge in [-0.1, -0.05) is 19.1 Å². The van der Waals surface area contributed by atoms with E-state index >= 15 is 0 Å². The molecular weight excluding hydrogens is 214 g/mol. The molecule has 1 aromatic rings. The van der Waals surface area contributed by atoms with Crippen molar-refractivity contribution in [3.63, 3.8) is 0 Å². The number of benzene rings is 1. The summed E-state index contributed by atoms with van der Waals surface area (Å²) in [6, 6.07) is 7.65. The summed E-state index contributed by atoms with van der Waals surface area (Å²) in [6.45, 7) is 2.02. The van der Waals surface area contributed by atoms with Gasteiger partial charge in [-0.3, -0.25) is 4.79 Å². The van der Waals surface area contributed by atoms with Crippen LogP contribution in [0.3, 0.4) is 0 Å². The molecule has 3 nitrogen and oxygen atoms in total. The molecule has 1 saturated carbocycles. The molecule has 2 unspecified atom stereocenters. The lowest BCUT2D eigenvalue weighted by Crippen LogP contribution is -2.29. The molecule has 0 heterocycles. The Morgan fingerprint density at radius 1 is 1.53 bits per heavy atom. The van der Waals surface area contributed by atoms with Gasteiger partial charge in [0, 0.05) is 25.4 Å². The first-order valence-electron chi connectivity index (χ1n) is 6.18. The zero-order chi connectivity index (χ0) is 12.4. The number of amides is 1. The number of hydrogen-bond acceptors (Lipinski definition) is 2. The maximum Gasteiger partial charge on any atom is 0.222 e. The summed E-state index contributed by atoms with van der Waals surface area (Å²) in [6.07, 6.45) is 2.53. The van der Waals surface area contributed by atoms with Gasteiger partial charge in [0.1, 0.15) is 5.75 Å². The van der Waals surface area contributed by atoms with Gasteiger partial charge in [-0.2, -0.15) is 0 Å². The molecule has 1 aliphatic rings. The van der Waals surface area contributed by atoms with Crippen molar-refractivity contribution in [2.45, 2.75) is 38.1 Å². The quantitative estimate of drug-likeness (QED) is 0.868. The van der Waals surface area contributed by atoms with E-state index in [4.69, 9.17) is 0 Å². The Morgan fingerprint density at radius 3 is 2.94 bits per heavy atom. The van der Waals surface area contributed by atoms with E-state index in [1.165, 1.54) is 0 Å². The molecule has 0 spiro atoms. The van der Waals surface area contributed by atoms with Crippen LogP contribution < -0.4 is 0 Å². The minimum absolute atomic E-state index is 0.222. The summed E-state index contributed by atoms with van der Waals surface area (Å²) in [5, 5.41) is 9.43. The Morgan fingerprint density at radius 2 is 2.29 bits per heavy atom. The lowest BCUT2D eigenvalue weighted by molar-refractivity contribution is -0.130. The third-order valence-corrected chi connectivity index (χ3v) is 3.41. The largest absolute Gasteiger partial charge is 0.508 e. The number of hydrogen-bond donors (Lipinski definition) is 1. The number of carbonyl (C=O) groups is 1. The summed E-state index contributed by atoms with van der Waals surface area (Å²) in [5.41, 5.74) is 1.13. The Balaban J connectivity index is 1.98.